The first-order valence-corrected chi connectivity index (χ1v) is 11.8. The van der Waals surface area contributed by atoms with E-state index in [1.165, 1.54) is 0 Å². The van der Waals surface area contributed by atoms with Gasteiger partial charge in [0.05, 0.1) is 35.7 Å². The molecule has 0 N–H and O–H groups in total. The number of nitrogens with zero attached hydrogens (tertiary/aromatic N) is 3. The van der Waals surface area contributed by atoms with Gasteiger partial charge in [0.25, 0.3) is 5.56 Å². The van der Waals surface area contributed by atoms with Crippen molar-refractivity contribution in [2.75, 3.05) is 13.2 Å². The molecule has 3 rings (SSSR count). The SMILES string of the molecule is CCCN(C(=O)CCC(=O)OCC)C(C)c1nc2ccccc2c(=O)n1-c1ccc(C)cc1C. The van der Waals surface area contributed by atoms with Gasteiger partial charge in [-0.3, -0.25) is 19.0 Å². The second kappa shape index (κ2) is 11.1. The molecule has 180 valence electrons. The molecule has 0 aliphatic heterocycles. The van der Waals surface area contributed by atoms with Crippen LogP contribution in [0.4, 0.5) is 0 Å². The number of benzene rings is 2. The predicted molar refractivity (Wildman–Crippen MR) is 133 cm³/mol. The third-order valence-electron chi connectivity index (χ3n) is 5.87. The summed E-state index contributed by atoms with van der Waals surface area (Å²) in [5.41, 5.74) is 3.20. The summed E-state index contributed by atoms with van der Waals surface area (Å²) in [5, 5.41) is 0.522. The van der Waals surface area contributed by atoms with E-state index in [0.29, 0.717) is 23.3 Å². The minimum atomic E-state index is -0.479. The molecule has 0 saturated heterocycles. The van der Waals surface area contributed by atoms with Crippen molar-refractivity contribution < 1.29 is 14.3 Å². The quantitative estimate of drug-likeness (QED) is 0.432. The fourth-order valence-corrected chi connectivity index (χ4v) is 4.22. The second-order valence-electron chi connectivity index (χ2n) is 8.49. The number of esters is 1. The second-order valence-corrected chi connectivity index (χ2v) is 8.49. The van der Waals surface area contributed by atoms with Crippen LogP contribution in [0.2, 0.25) is 0 Å². The normalized spacial score (nSPS) is 11.9. The van der Waals surface area contributed by atoms with Crippen LogP contribution in [0.5, 0.6) is 0 Å². The van der Waals surface area contributed by atoms with Gasteiger partial charge in [0.1, 0.15) is 5.82 Å². The molecule has 1 aromatic heterocycles. The van der Waals surface area contributed by atoms with E-state index in [1.807, 2.05) is 64.1 Å². The van der Waals surface area contributed by atoms with Crippen molar-refractivity contribution >= 4 is 22.8 Å². The van der Waals surface area contributed by atoms with Gasteiger partial charge in [-0.25, -0.2) is 4.98 Å². The van der Waals surface area contributed by atoms with Crippen LogP contribution in [-0.4, -0.2) is 39.5 Å². The van der Waals surface area contributed by atoms with Gasteiger partial charge in [-0.15, -0.1) is 0 Å². The topological polar surface area (TPSA) is 81.5 Å². The maximum Gasteiger partial charge on any atom is 0.306 e. The summed E-state index contributed by atoms with van der Waals surface area (Å²) in [6.07, 6.45) is 0.802. The van der Waals surface area contributed by atoms with Crippen molar-refractivity contribution in [2.24, 2.45) is 0 Å². The third kappa shape index (κ3) is 5.35. The lowest BCUT2D eigenvalue weighted by molar-refractivity contribution is -0.146. The highest BCUT2D eigenvalue weighted by molar-refractivity contribution is 5.82. The summed E-state index contributed by atoms with van der Waals surface area (Å²) < 4.78 is 6.60. The highest BCUT2D eigenvalue weighted by Crippen LogP contribution is 2.25. The summed E-state index contributed by atoms with van der Waals surface area (Å²) >= 11 is 0. The number of aryl methyl sites for hydroxylation is 2. The maximum absolute atomic E-state index is 13.7. The molecular formula is C27H33N3O4. The molecule has 34 heavy (non-hydrogen) atoms. The van der Waals surface area contributed by atoms with Gasteiger partial charge in [-0.05, 0) is 57.9 Å². The molecule has 1 amide bonds. The van der Waals surface area contributed by atoms with Crippen molar-refractivity contribution in [3.05, 3.63) is 69.8 Å². The summed E-state index contributed by atoms with van der Waals surface area (Å²) in [7, 11) is 0. The van der Waals surface area contributed by atoms with E-state index in [9.17, 15) is 14.4 Å². The van der Waals surface area contributed by atoms with E-state index in [1.54, 1.807) is 22.5 Å². The largest absolute Gasteiger partial charge is 0.466 e. The number of hydrogen-bond acceptors (Lipinski definition) is 5. The lowest BCUT2D eigenvalue weighted by Gasteiger charge is -2.30. The molecule has 1 atom stereocenters. The number of carbonyl (C=O) groups is 2. The van der Waals surface area contributed by atoms with Gasteiger partial charge in [0.15, 0.2) is 0 Å². The summed E-state index contributed by atoms with van der Waals surface area (Å²) in [6.45, 7) is 10.4. The van der Waals surface area contributed by atoms with Gasteiger partial charge < -0.3 is 9.64 Å². The van der Waals surface area contributed by atoms with Gasteiger partial charge in [0.2, 0.25) is 5.91 Å². The monoisotopic (exact) mass is 463 g/mol. The van der Waals surface area contributed by atoms with E-state index >= 15 is 0 Å². The molecule has 0 aliphatic rings. The van der Waals surface area contributed by atoms with Gasteiger partial charge in [-0.1, -0.05) is 36.8 Å². The van der Waals surface area contributed by atoms with E-state index < -0.39 is 12.0 Å². The Labute approximate surface area is 200 Å². The number of para-hydroxylation sites is 1. The third-order valence-corrected chi connectivity index (χ3v) is 5.87. The van der Waals surface area contributed by atoms with Crippen molar-refractivity contribution in [3.8, 4) is 5.69 Å². The van der Waals surface area contributed by atoms with Crippen LogP contribution in [0.3, 0.4) is 0 Å². The van der Waals surface area contributed by atoms with Crippen LogP contribution in [0, 0.1) is 13.8 Å². The first kappa shape index (κ1) is 25.1. The Hall–Kier alpha value is -3.48. The molecule has 0 aliphatic carbocycles. The Balaban J connectivity index is 2.12. The molecule has 0 fully saturated rings. The molecule has 7 heteroatoms. The van der Waals surface area contributed by atoms with Crippen LogP contribution in [0.15, 0.2) is 47.3 Å². The molecule has 0 radical (unpaired) electrons. The zero-order valence-corrected chi connectivity index (χ0v) is 20.6. The number of amides is 1. The van der Waals surface area contributed by atoms with Crippen LogP contribution < -0.4 is 5.56 Å². The maximum atomic E-state index is 13.7. The number of ether oxygens (including phenoxy) is 1. The average Bonchev–Trinajstić information content (AvgIpc) is 2.81. The number of carbonyl (C=O) groups excluding carboxylic acids is 2. The highest BCUT2D eigenvalue weighted by atomic mass is 16.5. The lowest BCUT2D eigenvalue weighted by Crippen LogP contribution is -2.38. The molecule has 1 unspecified atom stereocenters. The average molecular weight is 464 g/mol. The van der Waals surface area contributed by atoms with Crippen molar-refractivity contribution in [3.63, 3.8) is 0 Å². The Bertz CT molecular complexity index is 1250. The summed E-state index contributed by atoms with van der Waals surface area (Å²) in [5.74, 6) is -0.0680. The van der Waals surface area contributed by atoms with Crippen molar-refractivity contribution in [1.29, 1.82) is 0 Å². The zero-order chi connectivity index (χ0) is 24.8. The fraction of sp³-hybridized carbons (Fsp3) is 0.407. The molecule has 0 bridgehead atoms. The minimum Gasteiger partial charge on any atom is -0.466 e. The van der Waals surface area contributed by atoms with Crippen LogP contribution in [0.25, 0.3) is 16.6 Å². The van der Waals surface area contributed by atoms with Gasteiger partial charge in [0, 0.05) is 13.0 Å². The summed E-state index contributed by atoms with van der Waals surface area (Å²) in [6, 6.07) is 12.7. The number of aromatic nitrogens is 2. The van der Waals surface area contributed by atoms with Crippen molar-refractivity contribution in [2.45, 2.75) is 59.9 Å². The van der Waals surface area contributed by atoms with Gasteiger partial charge in [-0.2, -0.15) is 0 Å². The Morgan fingerprint density at radius 3 is 2.50 bits per heavy atom. The van der Waals surface area contributed by atoms with E-state index in [0.717, 1.165) is 23.2 Å². The molecule has 0 spiro atoms. The zero-order valence-electron chi connectivity index (χ0n) is 20.6. The number of hydrogen-bond donors (Lipinski definition) is 0. The molecule has 2 aromatic carbocycles. The van der Waals surface area contributed by atoms with Crippen LogP contribution >= 0.6 is 0 Å². The van der Waals surface area contributed by atoms with E-state index in [4.69, 9.17) is 9.72 Å². The number of rotatable bonds is 9. The van der Waals surface area contributed by atoms with Gasteiger partial charge >= 0.3 is 5.97 Å². The van der Waals surface area contributed by atoms with Crippen molar-refractivity contribution in [1.82, 2.24) is 14.5 Å². The standard InChI is InChI=1S/C27H33N3O4/c1-6-16-29(24(31)14-15-25(32)34-7-2)20(5)26-28-22-11-9-8-10-21(22)27(33)30(26)23-13-12-18(3)17-19(23)4/h8-13,17,20H,6-7,14-16H2,1-5H3. The Morgan fingerprint density at radius 2 is 1.82 bits per heavy atom. The minimum absolute atomic E-state index is 0.0225. The lowest BCUT2D eigenvalue weighted by atomic mass is 10.1. The van der Waals surface area contributed by atoms with Crippen LogP contribution in [0.1, 0.15) is 63.0 Å². The Morgan fingerprint density at radius 1 is 1.09 bits per heavy atom. The summed E-state index contributed by atoms with van der Waals surface area (Å²) in [4.78, 5) is 45.2. The smallest absolute Gasteiger partial charge is 0.306 e. The first-order chi connectivity index (χ1) is 16.3. The number of fused-ring (bicyclic) bond motifs is 1. The molecule has 3 aromatic rings. The fourth-order valence-electron chi connectivity index (χ4n) is 4.22. The molecule has 0 saturated carbocycles. The predicted octanol–water partition coefficient (Wildman–Crippen LogP) is 4.65. The first-order valence-electron chi connectivity index (χ1n) is 11.8. The molecule has 1 heterocycles. The molecular weight excluding hydrogens is 430 g/mol. The Kier molecular flexibility index (Phi) is 8.21. The van der Waals surface area contributed by atoms with E-state index in [2.05, 4.69) is 0 Å². The highest BCUT2D eigenvalue weighted by Gasteiger charge is 2.27. The van der Waals surface area contributed by atoms with E-state index in [-0.39, 0.29) is 30.9 Å². The molecule has 7 nitrogen and oxygen atoms in total. The van der Waals surface area contributed by atoms with Crippen LogP contribution in [-0.2, 0) is 14.3 Å².